The van der Waals surface area contributed by atoms with Gasteiger partial charge in [-0.1, -0.05) is 56.1 Å². The van der Waals surface area contributed by atoms with E-state index in [4.69, 9.17) is 10.5 Å². The minimum absolute atomic E-state index is 0.240. The van der Waals surface area contributed by atoms with Gasteiger partial charge < -0.3 is 0 Å². The predicted octanol–water partition coefficient (Wildman–Crippen LogP) is 6.83. The maximum Gasteiger partial charge on any atom is 0.123 e. The van der Waals surface area contributed by atoms with Gasteiger partial charge in [-0.15, -0.1) is 0 Å². The molecule has 0 atom stereocenters. The number of halogens is 4. The van der Waals surface area contributed by atoms with E-state index in [1.54, 1.807) is 24.3 Å². The molecule has 2 nitrogen and oxygen atoms in total. The average molecular weight is 512 g/mol. The smallest absolute Gasteiger partial charge is 0.123 e. The first-order valence-corrected chi connectivity index (χ1v) is 11.2. The van der Waals surface area contributed by atoms with Crippen LogP contribution < -0.4 is 0 Å². The molecule has 148 valence electrons. The molecule has 1 fully saturated rings. The molecule has 2 aromatic carbocycles. The molecular formula is C22H22Br2F2N2. The Hall–Kier alpha value is -1.76. The Bertz CT molecular complexity index is 772. The number of hydrogen-bond donors (Lipinski definition) is 0. The van der Waals surface area contributed by atoms with E-state index in [0.717, 1.165) is 41.0 Å². The number of alkyl halides is 2. The van der Waals surface area contributed by atoms with Gasteiger partial charge in [-0.2, -0.15) is 10.5 Å². The first-order valence-electron chi connectivity index (χ1n) is 8.92. The Morgan fingerprint density at radius 2 is 1.36 bits per heavy atom. The van der Waals surface area contributed by atoms with Gasteiger partial charge in [0.25, 0.3) is 0 Å². The van der Waals surface area contributed by atoms with Crippen LogP contribution in [0, 0.1) is 34.3 Å². The van der Waals surface area contributed by atoms with Crippen molar-refractivity contribution in [3.63, 3.8) is 0 Å². The van der Waals surface area contributed by atoms with Crippen LogP contribution in [0.1, 0.15) is 36.8 Å². The maximum absolute atomic E-state index is 12.6. The summed E-state index contributed by atoms with van der Waals surface area (Å²) in [5.41, 5.74) is 1.50. The molecule has 0 saturated heterocycles. The minimum atomic E-state index is -0.312. The van der Waals surface area contributed by atoms with Gasteiger partial charge in [0, 0.05) is 10.7 Å². The fourth-order valence-electron chi connectivity index (χ4n) is 2.51. The van der Waals surface area contributed by atoms with Crippen molar-refractivity contribution >= 4 is 31.9 Å². The van der Waals surface area contributed by atoms with Gasteiger partial charge in [0.1, 0.15) is 11.6 Å². The van der Waals surface area contributed by atoms with Crippen molar-refractivity contribution in [2.75, 3.05) is 10.7 Å². The lowest BCUT2D eigenvalue weighted by Gasteiger charge is -2.35. The largest absolute Gasteiger partial charge is 0.207 e. The van der Waals surface area contributed by atoms with Gasteiger partial charge in [-0.3, -0.25) is 0 Å². The van der Waals surface area contributed by atoms with Crippen molar-refractivity contribution < 1.29 is 8.78 Å². The van der Waals surface area contributed by atoms with Crippen LogP contribution in [0.2, 0.25) is 0 Å². The molecule has 1 aliphatic rings. The summed E-state index contributed by atoms with van der Waals surface area (Å²) in [6.45, 7) is 0. The van der Waals surface area contributed by atoms with Crippen molar-refractivity contribution in [1.29, 1.82) is 10.5 Å². The molecule has 0 unspecified atom stereocenters. The number of nitriles is 2. The van der Waals surface area contributed by atoms with E-state index >= 15 is 0 Å². The molecule has 1 aliphatic carbocycles. The highest BCUT2D eigenvalue weighted by Crippen LogP contribution is 2.42. The summed E-state index contributed by atoms with van der Waals surface area (Å²) in [7, 11) is 0. The van der Waals surface area contributed by atoms with E-state index in [2.05, 4.69) is 37.9 Å². The lowest BCUT2D eigenvalue weighted by Crippen LogP contribution is -2.32. The first-order chi connectivity index (χ1) is 13.5. The van der Waals surface area contributed by atoms with Crippen LogP contribution in [0.5, 0.6) is 0 Å². The standard InChI is InChI=1S/C11H10FN.C8H6FN.C3H6Br2/c12-10-4-2-9(3-5-10)11(8-13)6-1-7-11;9-8-3-1-7(2-4-8)5-6-10;4-2-1-3-5/h2-5H,1,6-7H2;1-4H,5H2;1-3H2. The average Bonchev–Trinajstić information content (AvgIpc) is 2.67. The second kappa shape index (κ2) is 13.4. The molecule has 0 bridgehead atoms. The van der Waals surface area contributed by atoms with Crippen molar-refractivity contribution in [3.8, 4) is 12.1 Å². The SMILES string of the molecule is BrCCCBr.N#CC1(c2ccc(F)cc2)CCC1.N#CCc1ccc(F)cc1. The molecule has 2 aromatic rings. The van der Waals surface area contributed by atoms with E-state index in [1.807, 2.05) is 6.07 Å². The fraction of sp³-hybridized carbons (Fsp3) is 0.364. The highest BCUT2D eigenvalue weighted by Gasteiger charge is 2.38. The molecule has 0 aromatic heterocycles. The summed E-state index contributed by atoms with van der Waals surface area (Å²) in [6, 6.07) is 16.5. The Kier molecular flexibility index (Phi) is 11.6. The molecule has 0 spiro atoms. The van der Waals surface area contributed by atoms with Crippen LogP contribution in [0.4, 0.5) is 8.78 Å². The molecular weight excluding hydrogens is 490 g/mol. The highest BCUT2D eigenvalue weighted by atomic mass is 79.9. The number of rotatable bonds is 4. The van der Waals surface area contributed by atoms with Crippen LogP contribution >= 0.6 is 31.9 Å². The Balaban J connectivity index is 0.000000233. The second-order valence-electron chi connectivity index (χ2n) is 6.25. The lowest BCUT2D eigenvalue weighted by molar-refractivity contribution is 0.324. The number of benzene rings is 2. The molecule has 28 heavy (non-hydrogen) atoms. The van der Waals surface area contributed by atoms with Crippen molar-refractivity contribution in [2.45, 2.75) is 37.5 Å². The summed E-state index contributed by atoms with van der Waals surface area (Å²) in [4.78, 5) is 0. The minimum Gasteiger partial charge on any atom is -0.207 e. The topological polar surface area (TPSA) is 47.6 Å². The molecule has 6 heteroatoms. The highest BCUT2D eigenvalue weighted by molar-refractivity contribution is 9.09. The summed E-state index contributed by atoms with van der Waals surface area (Å²) in [5, 5.41) is 19.5. The Morgan fingerprint density at radius 1 is 0.857 bits per heavy atom. The fourth-order valence-corrected chi connectivity index (χ4v) is 3.82. The van der Waals surface area contributed by atoms with Gasteiger partial charge in [-0.05, 0) is 61.1 Å². The first kappa shape index (κ1) is 24.3. The maximum atomic E-state index is 12.6. The van der Waals surface area contributed by atoms with Crippen LogP contribution in [-0.4, -0.2) is 10.7 Å². The quantitative estimate of drug-likeness (QED) is 0.422. The molecule has 0 aliphatic heterocycles. The normalized spacial score (nSPS) is 13.4. The Morgan fingerprint density at radius 3 is 1.68 bits per heavy atom. The van der Waals surface area contributed by atoms with Crippen molar-refractivity contribution in [1.82, 2.24) is 0 Å². The zero-order chi connectivity index (χ0) is 20.8. The van der Waals surface area contributed by atoms with Crippen LogP contribution in [0.15, 0.2) is 48.5 Å². The Labute approximate surface area is 182 Å². The van der Waals surface area contributed by atoms with Crippen LogP contribution in [-0.2, 0) is 11.8 Å². The zero-order valence-electron chi connectivity index (χ0n) is 15.5. The summed E-state index contributed by atoms with van der Waals surface area (Å²) >= 11 is 6.56. The van der Waals surface area contributed by atoms with Gasteiger partial charge in [-0.25, -0.2) is 8.78 Å². The summed E-state index contributed by atoms with van der Waals surface area (Å²) in [6.07, 6.45) is 4.50. The predicted molar refractivity (Wildman–Crippen MR) is 115 cm³/mol. The van der Waals surface area contributed by atoms with Gasteiger partial charge in [0.2, 0.25) is 0 Å². The molecule has 0 N–H and O–H groups in total. The van der Waals surface area contributed by atoms with E-state index in [0.29, 0.717) is 6.42 Å². The monoisotopic (exact) mass is 510 g/mol. The molecule has 0 amide bonds. The number of nitrogens with zero attached hydrogens (tertiary/aromatic N) is 2. The molecule has 1 saturated carbocycles. The molecule has 3 rings (SSSR count). The van der Waals surface area contributed by atoms with Crippen LogP contribution in [0.25, 0.3) is 0 Å². The number of hydrogen-bond acceptors (Lipinski definition) is 2. The third-order valence-corrected chi connectivity index (χ3v) is 5.40. The van der Waals surface area contributed by atoms with Gasteiger partial charge >= 0.3 is 0 Å². The summed E-state index contributed by atoms with van der Waals surface area (Å²) < 4.78 is 24.9. The van der Waals surface area contributed by atoms with E-state index in [1.165, 1.54) is 30.7 Å². The van der Waals surface area contributed by atoms with Crippen LogP contribution in [0.3, 0.4) is 0 Å². The van der Waals surface area contributed by atoms with E-state index in [9.17, 15) is 8.78 Å². The molecule has 0 radical (unpaired) electrons. The van der Waals surface area contributed by atoms with Gasteiger partial charge in [0.05, 0.1) is 24.0 Å². The summed E-state index contributed by atoms with van der Waals surface area (Å²) in [5.74, 6) is -0.502. The third-order valence-electron chi connectivity index (χ3n) is 4.28. The lowest BCUT2D eigenvalue weighted by atomic mass is 9.65. The van der Waals surface area contributed by atoms with Crippen molar-refractivity contribution in [2.24, 2.45) is 0 Å². The molecule has 0 heterocycles. The van der Waals surface area contributed by atoms with E-state index in [-0.39, 0.29) is 17.0 Å². The van der Waals surface area contributed by atoms with Crippen molar-refractivity contribution in [3.05, 3.63) is 71.3 Å². The van der Waals surface area contributed by atoms with E-state index < -0.39 is 0 Å². The second-order valence-corrected chi connectivity index (χ2v) is 7.83. The third kappa shape index (κ3) is 8.09. The zero-order valence-corrected chi connectivity index (χ0v) is 18.6. The van der Waals surface area contributed by atoms with Gasteiger partial charge in [0.15, 0.2) is 0 Å².